The number of rotatable bonds is 9. The van der Waals surface area contributed by atoms with Gasteiger partial charge >= 0.3 is 0 Å². The first-order valence-electron chi connectivity index (χ1n) is 11.2. The van der Waals surface area contributed by atoms with E-state index in [0.29, 0.717) is 18.9 Å². The SMILES string of the molecule is CCCCc1cc(O)ccc1OCCc1nc(-c2ccc(-c3ccccc3)cc2)oc1C. The van der Waals surface area contributed by atoms with Crippen LogP contribution in [0.4, 0.5) is 0 Å². The molecular weight excluding hydrogens is 398 g/mol. The number of aromatic hydroxyl groups is 1. The standard InChI is InChI=1S/C28H29NO3/c1-3-4-8-24-19-25(30)15-16-27(24)31-18-17-26-20(2)32-28(29-26)23-13-11-22(12-14-23)21-9-6-5-7-10-21/h5-7,9-16,19,30H,3-4,8,17-18H2,1-2H3. The summed E-state index contributed by atoms with van der Waals surface area (Å²) >= 11 is 0. The second-order valence-electron chi connectivity index (χ2n) is 7.96. The monoisotopic (exact) mass is 427 g/mol. The van der Waals surface area contributed by atoms with Gasteiger partial charge in [0.2, 0.25) is 5.89 Å². The topological polar surface area (TPSA) is 55.5 Å². The lowest BCUT2D eigenvalue weighted by Crippen LogP contribution is -2.04. The summed E-state index contributed by atoms with van der Waals surface area (Å²) in [5, 5.41) is 9.79. The molecule has 0 spiro atoms. The number of oxazole rings is 1. The summed E-state index contributed by atoms with van der Waals surface area (Å²) in [5.41, 5.74) is 5.26. The number of benzene rings is 3. The average molecular weight is 428 g/mol. The third-order valence-electron chi connectivity index (χ3n) is 5.57. The van der Waals surface area contributed by atoms with Crippen LogP contribution in [-0.4, -0.2) is 16.7 Å². The van der Waals surface area contributed by atoms with Crippen LogP contribution >= 0.6 is 0 Å². The van der Waals surface area contributed by atoms with E-state index in [1.807, 2.05) is 43.3 Å². The first-order valence-corrected chi connectivity index (χ1v) is 11.2. The van der Waals surface area contributed by atoms with Crippen LogP contribution in [0.25, 0.3) is 22.6 Å². The van der Waals surface area contributed by atoms with E-state index >= 15 is 0 Å². The molecule has 0 aliphatic rings. The van der Waals surface area contributed by atoms with Crippen LogP contribution < -0.4 is 4.74 Å². The Morgan fingerprint density at radius 2 is 1.59 bits per heavy atom. The third kappa shape index (κ3) is 5.20. The van der Waals surface area contributed by atoms with E-state index < -0.39 is 0 Å². The van der Waals surface area contributed by atoms with E-state index in [9.17, 15) is 5.11 Å². The zero-order valence-electron chi connectivity index (χ0n) is 18.7. The quantitative estimate of drug-likeness (QED) is 0.313. The average Bonchev–Trinajstić information content (AvgIpc) is 3.20. The maximum Gasteiger partial charge on any atom is 0.226 e. The lowest BCUT2D eigenvalue weighted by atomic mass is 10.0. The van der Waals surface area contributed by atoms with Gasteiger partial charge in [-0.25, -0.2) is 4.98 Å². The fourth-order valence-corrected chi connectivity index (χ4v) is 3.75. The summed E-state index contributed by atoms with van der Waals surface area (Å²) in [7, 11) is 0. The molecule has 0 saturated carbocycles. The van der Waals surface area contributed by atoms with Gasteiger partial charge in [-0.1, -0.05) is 55.8 Å². The number of phenols is 1. The lowest BCUT2D eigenvalue weighted by molar-refractivity contribution is 0.315. The molecule has 0 aliphatic heterocycles. The molecule has 3 aromatic carbocycles. The first-order chi connectivity index (χ1) is 15.6. The van der Waals surface area contributed by atoms with Crippen molar-refractivity contribution in [2.75, 3.05) is 6.61 Å². The Morgan fingerprint density at radius 1 is 0.875 bits per heavy atom. The molecule has 0 radical (unpaired) electrons. The van der Waals surface area contributed by atoms with E-state index in [0.717, 1.165) is 47.6 Å². The van der Waals surface area contributed by atoms with E-state index in [2.05, 4.69) is 31.2 Å². The molecule has 0 bridgehead atoms. The van der Waals surface area contributed by atoms with Crippen LogP contribution in [-0.2, 0) is 12.8 Å². The normalized spacial score (nSPS) is 10.9. The third-order valence-corrected chi connectivity index (χ3v) is 5.57. The number of hydrogen-bond acceptors (Lipinski definition) is 4. The van der Waals surface area contributed by atoms with E-state index in [-0.39, 0.29) is 5.75 Å². The molecule has 4 rings (SSSR count). The predicted molar refractivity (Wildman–Crippen MR) is 128 cm³/mol. The molecule has 1 N–H and O–H groups in total. The van der Waals surface area contributed by atoms with E-state index in [4.69, 9.17) is 14.1 Å². The van der Waals surface area contributed by atoms with Gasteiger partial charge in [0, 0.05) is 12.0 Å². The van der Waals surface area contributed by atoms with Crippen molar-refractivity contribution in [2.45, 2.75) is 39.5 Å². The molecule has 4 aromatic rings. The van der Waals surface area contributed by atoms with Gasteiger partial charge in [0.15, 0.2) is 0 Å². The molecule has 1 heterocycles. The summed E-state index contributed by atoms with van der Waals surface area (Å²) in [4.78, 5) is 4.71. The number of aryl methyl sites for hydroxylation is 2. The van der Waals surface area contributed by atoms with Gasteiger partial charge in [-0.3, -0.25) is 0 Å². The minimum Gasteiger partial charge on any atom is -0.508 e. The second kappa shape index (κ2) is 10.2. The summed E-state index contributed by atoms with van der Waals surface area (Å²) < 4.78 is 12.0. The molecule has 0 fully saturated rings. The van der Waals surface area contributed by atoms with E-state index in [1.165, 1.54) is 11.1 Å². The van der Waals surface area contributed by atoms with Crippen LogP contribution in [0.1, 0.15) is 36.8 Å². The Balaban J connectivity index is 1.41. The molecule has 4 nitrogen and oxygen atoms in total. The number of nitrogens with zero attached hydrogens (tertiary/aromatic N) is 1. The van der Waals surface area contributed by atoms with Gasteiger partial charge in [0.05, 0.1) is 12.3 Å². The number of aromatic nitrogens is 1. The Morgan fingerprint density at radius 3 is 2.34 bits per heavy atom. The number of hydrogen-bond donors (Lipinski definition) is 1. The van der Waals surface area contributed by atoms with Crippen molar-refractivity contribution in [3.8, 4) is 34.1 Å². The minimum atomic E-state index is 0.277. The Bertz CT molecular complexity index is 1150. The summed E-state index contributed by atoms with van der Waals surface area (Å²) in [6.07, 6.45) is 3.72. The van der Waals surface area contributed by atoms with Crippen molar-refractivity contribution in [1.29, 1.82) is 0 Å². The highest BCUT2D eigenvalue weighted by molar-refractivity contribution is 5.67. The highest BCUT2D eigenvalue weighted by Gasteiger charge is 2.13. The molecule has 4 heteroatoms. The lowest BCUT2D eigenvalue weighted by Gasteiger charge is -2.11. The molecule has 0 atom stereocenters. The molecule has 1 aromatic heterocycles. The number of unbranched alkanes of at least 4 members (excludes halogenated alkanes) is 1. The Hall–Kier alpha value is -3.53. The van der Waals surface area contributed by atoms with E-state index in [1.54, 1.807) is 12.1 Å². The molecule has 0 aliphatic carbocycles. The maximum absolute atomic E-state index is 9.79. The van der Waals surface area contributed by atoms with Crippen molar-refractivity contribution < 1.29 is 14.3 Å². The molecule has 164 valence electrons. The highest BCUT2D eigenvalue weighted by Crippen LogP contribution is 2.27. The smallest absolute Gasteiger partial charge is 0.226 e. The van der Waals surface area contributed by atoms with Crippen LogP contribution in [0.5, 0.6) is 11.5 Å². The minimum absolute atomic E-state index is 0.277. The highest BCUT2D eigenvalue weighted by atomic mass is 16.5. The van der Waals surface area contributed by atoms with Gasteiger partial charge in [0.25, 0.3) is 0 Å². The molecule has 0 unspecified atom stereocenters. The molecule has 0 saturated heterocycles. The van der Waals surface area contributed by atoms with Gasteiger partial charge in [0.1, 0.15) is 17.3 Å². The number of phenolic OH excluding ortho intramolecular Hbond substituents is 1. The van der Waals surface area contributed by atoms with Crippen molar-refractivity contribution in [3.05, 3.63) is 89.8 Å². The first kappa shape index (κ1) is 21.7. The molecule has 32 heavy (non-hydrogen) atoms. The van der Waals surface area contributed by atoms with Gasteiger partial charge in [-0.2, -0.15) is 0 Å². The van der Waals surface area contributed by atoms with Crippen molar-refractivity contribution in [2.24, 2.45) is 0 Å². The predicted octanol–water partition coefficient (Wildman–Crippen LogP) is 6.99. The van der Waals surface area contributed by atoms with Crippen molar-refractivity contribution in [3.63, 3.8) is 0 Å². The summed E-state index contributed by atoms with van der Waals surface area (Å²) in [6.45, 7) is 4.60. The fraction of sp³-hybridized carbons (Fsp3) is 0.250. The number of ether oxygens (including phenoxy) is 1. The van der Waals surface area contributed by atoms with Gasteiger partial charge in [-0.15, -0.1) is 0 Å². The zero-order chi connectivity index (χ0) is 22.3. The summed E-state index contributed by atoms with van der Waals surface area (Å²) in [6, 6.07) is 23.9. The van der Waals surface area contributed by atoms with Crippen LogP contribution in [0.2, 0.25) is 0 Å². The summed E-state index contributed by atoms with van der Waals surface area (Å²) in [5.74, 6) is 2.55. The molecular formula is C28H29NO3. The Labute approximate surface area is 189 Å². The maximum atomic E-state index is 9.79. The largest absolute Gasteiger partial charge is 0.508 e. The Kier molecular flexibility index (Phi) is 6.90. The van der Waals surface area contributed by atoms with Crippen LogP contribution in [0, 0.1) is 6.92 Å². The van der Waals surface area contributed by atoms with Gasteiger partial charge < -0.3 is 14.3 Å². The van der Waals surface area contributed by atoms with Crippen LogP contribution in [0.15, 0.2) is 77.2 Å². The second-order valence-corrected chi connectivity index (χ2v) is 7.96. The van der Waals surface area contributed by atoms with Crippen molar-refractivity contribution >= 4 is 0 Å². The zero-order valence-corrected chi connectivity index (χ0v) is 18.7. The molecule has 0 amide bonds. The van der Waals surface area contributed by atoms with Crippen LogP contribution in [0.3, 0.4) is 0 Å². The fourth-order valence-electron chi connectivity index (χ4n) is 3.75. The van der Waals surface area contributed by atoms with Gasteiger partial charge in [-0.05, 0) is 66.8 Å². The van der Waals surface area contributed by atoms with Crippen molar-refractivity contribution in [1.82, 2.24) is 4.98 Å².